The molecular formula is C16H21IN6S. The van der Waals surface area contributed by atoms with Gasteiger partial charge in [-0.05, 0) is 43.0 Å². The number of rotatable bonds is 5. The van der Waals surface area contributed by atoms with Crippen molar-refractivity contribution in [1.82, 2.24) is 25.2 Å². The van der Waals surface area contributed by atoms with Crippen molar-refractivity contribution >= 4 is 46.9 Å². The molecule has 0 saturated heterocycles. The summed E-state index contributed by atoms with van der Waals surface area (Å²) in [5.41, 5.74) is 2.15. The topological polar surface area (TPSA) is 66.6 Å². The van der Waals surface area contributed by atoms with E-state index in [1.807, 2.05) is 28.8 Å². The van der Waals surface area contributed by atoms with Crippen molar-refractivity contribution in [2.75, 3.05) is 6.54 Å². The van der Waals surface area contributed by atoms with Gasteiger partial charge in [0.2, 0.25) is 0 Å². The van der Waals surface area contributed by atoms with Crippen LogP contribution >= 0.6 is 35.3 Å². The van der Waals surface area contributed by atoms with E-state index in [4.69, 9.17) is 0 Å². The Morgan fingerprint density at radius 1 is 1.25 bits per heavy atom. The van der Waals surface area contributed by atoms with Gasteiger partial charge < -0.3 is 10.6 Å². The molecule has 3 heterocycles. The quantitative estimate of drug-likeness (QED) is 0.352. The standard InChI is InChI=1S/C16H20N6S.HI/c1-3-17-16(18-10-13-12(2)7-9-23-13)19-11-15-21-20-14-6-4-5-8-22(14)15;/h4-9H,3,10-11H2,1-2H3,(H2,17,18,19);1H. The summed E-state index contributed by atoms with van der Waals surface area (Å²) in [4.78, 5) is 5.93. The molecule has 0 atom stereocenters. The Balaban J connectivity index is 0.00000208. The van der Waals surface area contributed by atoms with Crippen molar-refractivity contribution in [2.45, 2.75) is 26.9 Å². The van der Waals surface area contributed by atoms with E-state index in [0.717, 1.165) is 30.5 Å². The SMILES string of the molecule is CCNC(=NCc1nnc2ccccn12)NCc1sccc1C.I. The highest BCUT2D eigenvalue weighted by Gasteiger charge is 2.05. The Labute approximate surface area is 162 Å². The first kappa shape index (κ1) is 18.7. The monoisotopic (exact) mass is 456 g/mol. The number of aliphatic imine (C=N–C) groups is 1. The molecule has 8 heteroatoms. The van der Waals surface area contributed by atoms with Gasteiger partial charge in [-0.2, -0.15) is 0 Å². The maximum atomic E-state index is 4.61. The van der Waals surface area contributed by atoms with Crippen molar-refractivity contribution in [1.29, 1.82) is 0 Å². The molecule has 0 saturated carbocycles. The average molecular weight is 456 g/mol. The number of nitrogens with one attached hydrogen (secondary N) is 2. The summed E-state index contributed by atoms with van der Waals surface area (Å²) in [6, 6.07) is 7.98. The molecule has 0 aliphatic carbocycles. The maximum absolute atomic E-state index is 4.61. The molecular weight excluding hydrogens is 435 g/mol. The molecule has 128 valence electrons. The third kappa shape index (κ3) is 4.44. The molecule has 3 rings (SSSR count). The van der Waals surface area contributed by atoms with E-state index in [1.54, 1.807) is 11.3 Å². The van der Waals surface area contributed by atoms with E-state index < -0.39 is 0 Å². The number of halogens is 1. The molecule has 0 amide bonds. The molecule has 3 aromatic heterocycles. The zero-order chi connectivity index (χ0) is 16.1. The molecule has 0 bridgehead atoms. The van der Waals surface area contributed by atoms with Gasteiger partial charge in [-0.3, -0.25) is 4.40 Å². The third-order valence-electron chi connectivity index (χ3n) is 3.49. The van der Waals surface area contributed by atoms with Gasteiger partial charge in [0, 0.05) is 17.6 Å². The molecule has 0 fully saturated rings. The number of thiophene rings is 1. The second-order valence-corrected chi connectivity index (χ2v) is 6.12. The highest BCUT2D eigenvalue weighted by atomic mass is 127. The van der Waals surface area contributed by atoms with Crippen molar-refractivity contribution < 1.29 is 0 Å². The number of aryl methyl sites for hydroxylation is 1. The van der Waals surface area contributed by atoms with Gasteiger partial charge in [0.25, 0.3) is 0 Å². The van der Waals surface area contributed by atoms with Crippen LogP contribution < -0.4 is 10.6 Å². The first-order chi connectivity index (χ1) is 11.3. The summed E-state index contributed by atoms with van der Waals surface area (Å²) in [5.74, 6) is 1.61. The number of nitrogens with zero attached hydrogens (tertiary/aromatic N) is 4. The van der Waals surface area contributed by atoms with Crippen LogP contribution in [0.1, 0.15) is 23.2 Å². The lowest BCUT2D eigenvalue weighted by atomic mass is 10.3. The van der Waals surface area contributed by atoms with Crippen molar-refractivity contribution in [3.8, 4) is 0 Å². The van der Waals surface area contributed by atoms with Crippen LogP contribution in [0.3, 0.4) is 0 Å². The minimum Gasteiger partial charge on any atom is -0.357 e. The zero-order valence-electron chi connectivity index (χ0n) is 13.7. The molecule has 0 aromatic carbocycles. The fourth-order valence-electron chi connectivity index (χ4n) is 2.24. The fourth-order valence-corrected chi connectivity index (χ4v) is 3.09. The first-order valence-electron chi connectivity index (χ1n) is 7.61. The van der Waals surface area contributed by atoms with Crippen LogP contribution in [0.25, 0.3) is 5.65 Å². The number of hydrogen-bond acceptors (Lipinski definition) is 4. The summed E-state index contributed by atoms with van der Waals surface area (Å²) < 4.78 is 1.95. The molecule has 3 aromatic rings. The minimum atomic E-state index is 0. The van der Waals surface area contributed by atoms with Crippen LogP contribution in [0.2, 0.25) is 0 Å². The van der Waals surface area contributed by atoms with Crippen LogP contribution in [-0.4, -0.2) is 27.1 Å². The van der Waals surface area contributed by atoms with Crippen LogP contribution in [0.4, 0.5) is 0 Å². The lowest BCUT2D eigenvalue weighted by Gasteiger charge is -2.10. The van der Waals surface area contributed by atoms with Gasteiger partial charge in [0.05, 0.1) is 6.54 Å². The van der Waals surface area contributed by atoms with Crippen LogP contribution in [0.5, 0.6) is 0 Å². The van der Waals surface area contributed by atoms with E-state index >= 15 is 0 Å². The predicted molar refractivity (Wildman–Crippen MR) is 109 cm³/mol. The third-order valence-corrected chi connectivity index (χ3v) is 4.51. The Morgan fingerprint density at radius 3 is 2.88 bits per heavy atom. The summed E-state index contributed by atoms with van der Waals surface area (Å²) in [6.07, 6.45) is 1.95. The van der Waals surface area contributed by atoms with E-state index in [2.05, 4.69) is 51.1 Å². The first-order valence-corrected chi connectivity index (χ1v) is 8.49. The fraction of sp³-hybridized carbons (Fsp3) is 0.312. The predicted octanol–water partition coefficient (Wildman–Crippen LogP) is 2.97. The summed E-state index contributed by atoms with van der Waals surface area (Å²) >= 11 is 1.76. The summed E-state index contributed by atoms with van der Waals surface area (Å²) in [7, 11) is 0. The number of fused-ring (bicyclic) bond motifs is 1. The van der Waals surface area contributed by atoms with E-state index in [-0.39, 0.29) is 24.0 Å². The number of pyridine rings is 1. The van der Waals surface area contributed by atoms with Crippen molar-refractivity contribution in [2.24, 2.45) is 4.99 Å². The number of guanidine groups is 1. The van der Waals surface area contributed by atoms with Crippen LogP contribution in [0.15, 0.2) is 40.8 Å². The van der Waals surface area contributed by atoms with E-state index in [0.29, 0.717) is 6.54 Å². The molecule has 0 aliphatic heterocycles. The van der Waals surface area contributed by atoms with Gasteiger partial charge in [-0.1, -0.05) is 6.07 Å². The van der Waals surface area contributed by atoms with E-state index in [9.17, 15) is 0 Å². The Kier molecular flexibility index (Phi) is 6.98. The molecule has 0 aliphatic rings. The summed E-state index contributed by atoms with van der Waals surface area (Å²) in [5, 5.41) is 17.1. The Bertz CT molecular complexity index is 810. The van der Waals surface area contributed by atoms with Gasteiger partial charge in [0.1, 0.15) is 6.54 Å². The van der Waals surface area contributed by atoms with E-state index in [1.165, 1.54) is 10.4 Å². The molecule has 0 radical (unpaired) electrons. The van der Waals surface area contributed by atoms with Crippen LogP contribution in [0, 0.1) is 6.92 Å². The largest absolute Gasteiger partial charge is 0.357 e. The van der Waals surface area contributed by atoms with Gasteiger partial charge >= 0.3 is 0 Å². The second kappa shape index (κ2) is 8.97. The lowest BCUT2D eigenvalue weighted by Crippen LogP contribution is -2.36. The number of aromatic nitrogens is 3. The maximum Gasteiger partial charge on any atom is 0.191 e. The van der Waals surface area contributed by atoms with Gasteiger partial charge in [-0.15, -0.1) is 45.5 Å². The molecule has 24 heavy (non-hydrogen) atoms. The smallest absolute Gasteiger partial charge is 0.191 e. The Hall–Kier alpha value is -1.68. The molecule has 2 N–H and O–H groups in total. The van der Waals surface area contributed by atoms with Gasteiger partial charge in [0.15, 0.2) is 17.4 Å². The van der Waals surface area contributed by atoms with Crippen LogP contribution in [-0.2, 0) is 13.1 Å². The molecule has 0 spiro atoms. The van der Waals surface area contributed by atoms with Crippen molar-refractivity contribution in [3.05, 3.63) is 52.1 Å². The second-order valence-electron chi connectivity index (χ2n) is 5.12. The minimum absolute atomic E-state index is 0. The summed E-state index contributed by atoms with van der Waals surface area (Å²) in [6.45, 7) is 6.25. The average Bonchev–Trinajstić information content (AvgIpc) is 3.16. The number of hydrogen-bond donors (Lipinski definition) is 2. The molecule has 0 unspecified atom stereocenters. The zero-order valence-corrected chi connectivity index (χ0v) is 16.8. The molecule has 6 nitrogen and oxygen atoms in total. The highest BCUT2D eigenvalue weighted by molar-refractivity contribution is 14.0. The normalized spacial score (nSPS) is 11.3. The Morgan fingerprint density at radius 2 is 2.12 bits per heavy atom. The van der Waals surface area contributed by atoms with Gasteiger partial charge in [-0.25, -0.2) is 4.99 Å². The highest BCUT2D eigenvalue weighted by Crippen LogP contribution is 2.14. The lowest BCUT2D eigenvalue weighted by molar-refractivity contribution is 0.802. The van der Waals surface area contributed by atoms with Crippen molar-refractivity contribution in [3.63, 3.8) is 0 Å².